The number of urea groups is 1. The third-order valence-corrected chi connectivity index (χ3v) is 4.95. The van der Waals surface area contributed by atoms with E-state index in [1.54, 1.807) is 0 Å². The Morgan fingerprint density at radius 2 is 1.72 bits per heavy atom. The van der Waals surface area contributed by atoms with Gasteiger partial charge in [-0.2, -0.15) is 0 Å². The summed E-state index contributed by atoms with van der Waals surface area (Å²) in [6, 6.07) is 3.79. The summed E-state index contributed by atoms with van der Waals surface area (Å²) in [4.78, 5) is 51.0. The summed E-state index contributed by atoms with van der Waals surface area (Å²) in [6.45, 7) is 1.44. The second kappa shape index (κ2) is 6.74. The summed E-state index contributed by atoms with van der Waals surface area (Å²) >= 11 is 0. The van der Waals surface area contributed by atoms with Gasteiger partial charge in [0.2, 0.25) is 0 Å². The van der Waals surface area contributed by atoms with Crippen LogP contribution in [0.3, 0.4) is 0 Å². The summed E-state index contributed by atoms with van der Waals surface area (Å²) in [5.41, 5.74) is 0.180. The average molecular weight is 346 g/mol. The van der Waals surface area contributed by atoms with E-state index >= 15 is 0 Å². The number of carbonyl (C=O) groups is 4. The van der Waals surface area contributed by atoms with Gasteiger partial charge in [-0.05, 0) is 43.0 Å². The molecule has 0 aromatic heterocycles. The smallest absolute Gasteiger partial charge is 0.292 e. The van der Waals surface area contributed by atoms with Gasteiger partial charge < -0.3 is 0 Å². The second-order valence-electron chi connectivity index (χ2n) is 6.61. The Balaban J connectivity index is 1.77. The van der Waals surface area contributed by atoms with Gasteiger partial charge in [-0.15, -0.1) is 0 Å². The molecule has 1 heterocycles. The molecule has 1 saturated carbocycles. The molecule has 6 nitrogen and oxygen atoms in total. The van der Waals surface area contributed by atoms with Gasteiger partial charge in [0.25, 0.3) is 0 Å². The van der Waals surface area contributed by atoms with E-state index < -0.39 is 36.0 Å². The van der Waals surface area contributed by atoms with Gasteiger partial charge in [0, 0.05) is 11.6 Å². The number of benzene rings is 1. The van der Waals surface area contributed by atoms with E-state index in [0.717, 1.165) is 36.3 Å². The maximum absolute atomic E-state index is 12.9. The number of amides is 4. The van der Waals surface area contributed by atoms with E-state index in [9.17, 15) is 23.6 Å². The minimum absolute atomic E-state index is 0.127. The minimum Gasteiger partial charge on any atom is -0.292 e. The van der Waals surface area contributed by atoms with Crippen molar-refractivity contribution in [3.8, 4) is 0 Å². The fraction of sp³-hybridized carbons (Fsp3) is 0.444. The van der Waals surface area contributed by atoms with Crippen LogP contribution in [0.15, 0.2) is 24.3 Å². The molecule has 4 amide bonds. The van der Waals surface area contributed by atoms with Gasteiger partial charge in [-0.3, -0.25) is 19.3 Å². The average Bonchev–Trinajstić information content (AvgIpc) is 2.80. The summed E-state index contributed by atoms with van der Waals surface area (Å²) < 4.78 is 12.9. The maximum atomic E-state index is 12.9. The van der Waals surface area contributed by atoms with Crippen LogP contribution < -0.4 is 0 Å². The van der Waals surface area contributed by atoms with E-state index in [4.69, 9.17) is 0 Å². The normalized spacial score (nSPS) is 24.2. The molecule has 3 rings (SSSR count). The Kier molecular flexibility index (Phi) is 4.65. The standard InChI is InChI=1S/C18H19FN2O4/c1-11-4-2-3-5-14(11)21-17(24)16(23)20(18(21)25)10-15(22)12-6-8-13(19)9-7-12/h6-9,11,14H,2-5,10H2,1H3/t11-,14-/m0/s1. The molecule has 0 spiro atoms. The molecule has 1 aromatic rings. The summed E-state index contributed by atoms with van der Waals surface area (Å²) in [7, 11) is 0. The van der Waals surface area contributed by atoms with Crippen LogP contribution in [0, 0.1) is 11.7 Å². The Morgan fingerprint density at radius 3 is 2.36 bits per heavy atom. The van der Waals surface area contributed by atoms with E-state index in [1.807, 2.05) is 6.92 Å². The number of hydrogen-bond donors (Lipinski definition) is 0. The van der Waals surface area contributed by atoms with Gasteiger partial charge in [0.1, 0.15) is 5.82 Å². The Morgan fingerprint density at radius 1 is 1.08 bits per heavy atom. The summed E-state index contributed by atoms with van der Waals surface area (Å²) in [5, 5.41) is 0. The molecule has 132 valence electrons. The zero-order valence-corrected chi connectivity index (χ0v) is 13.9. The van der Waals surface area contributed by atoms with Gasteiger partial charge >= 0.3 is 17.8 Å². The molecular formula is C18H19FN2O4. The molecule has 1 aromatic carbocycles. The molecule has 2 atom stereocenters. The number of Topliss-reactive ketones (excluding diaryl/α,β-unsaturated/α-hetero) is 1. The summed E-state index contributed by atoms with van der Waals surface area (Å²) in [6.07, 6.45) is 3.50. The van der Waals surface area contributed by atoms with Crippen LogP contribution in [0.25, 0.3) is 0 Å². The molecule has 0 bridgehead atoms. The van der Waals surface area contributed by atoms with Crippen molar-refractivity contribution in [2.24, 2.45) is 5.92 Å². The first kappa shape index (κ1) is 17.3. The molecule has 0 N–H and O–H groups in total. The predicted molar refractivity (Wildman–Crippen MR) is 86.1 cm³/mol. The third kappa shape index (κ3) is 3.18. The first-order valence-electron chi connectivity index (χ1n) is 8.38. The number of imide groups is 2. The van der Waals surface area contributed by atoms with Crippen molar-refractivity contribution in [1.29, 1.82) is 0 Å². The van der Waals surface area contributed by atoms with Crippen molar-refractivity contribution in [3.05, 3.63) is 35.6 Å². The molecule has 25 heavy (non-hydrogen) atoms. The van der Waals surface area contributed by atoms with Gasteiger partial charge in [0.05, 0.1) is 6.54 Å². The highest BCUT2D eigenvalue weighted by molar-refractivity contribution is 6.45. The number of halogens is 1. The molecule has 0 unspecified atom stereocenters. The van der Waals surface area contributed by atoms with Crippen molar-refractivity contribution in [1.82, 2.24) is 9.80 Å². The first-order chi connectivity index (χ1) is 11.9. The van der Waals surface area contributed by atoms with Crippen LogP contribution in [0.2, 0.25) is 0 Å². The van der Waals surface area contributed by atoms with Gasteiger partial charge in [-0.25, -0.2) is 14.1 Å². The Labute approximate surface area is 144 Å². The fourth-order valence-electron chi connectivity index (χ4n) is 3.51. The van der Waals surface area contributed by atoms with Crippen LogP contribution in [0.1, 0.15) is 43.0 Å². The maximum Gasteiger partial charge on any atom is 0.334 e. The second-order valence-corrected chi connectivity index (χ2v) is 6.61. The zero-order valence-electron chi connectivity index (χ0n) is 13.9. The van der Waals surface area contributed by atoms with Crippen molar-refractivity contribution in [2.75, 3.05) is 6.54 Å². The zero-order chi connectivity index (χ0) is 18.1. The first-order valence-corrected chi connectivity index (χ1v) is 8.38. The van der Waals surface area contributed by atoms with Crippen LogP contribution >= 0.6 is 0 Å². The molecule has 1 aliphatic carbocycles. The van der Waals surface area contributed by atoms with Crippen molar-refractivity contribution < 1.29 is 23.6 Å². The lowest BCUT2D eigenvalue weighted by Crippen LogP contribution is -2.46. The highest BCUT2D eigenvalue weighted by Gasteiger charge is 2.49. The van der Waals surface area contributed by atoms with Crippen molar-refractivity contribution in [3.63, 3.8) is 0 Å². The molecule has 7 heteroatoms. The van der Waals surface area contributed by atoms with Crippen LogP contribution in [-0.4, -0.2) is 46.0 Å². The number of ketones is 1. The molecular weight excluding hydrogens is 327 g/mol. The lowest BCUT2D eigenvalue weighted by atomic mass is 9.85. The van der Waals surface area contributed by atoms with Crippen molar-refractivity contribution >= 4 is 23.6 Å². The number of nitrogens with zero attached hydrogens (tertiary/aromatic N) is 2. The Bertz CT molecular complexity index is 731. The predicted octanol–water partition coefficient (Wildman–Crippen LogP) is 2.38. The monoisotopic (exact) mass is 346 g/mol. The van der Waals surface area contributed by atoms with Gasteiger partial charge in [-0.1, -0.05) is 19.8 Å². The van der Waals surface area contributed by atoms with E-state index in [-0.39, 0.29) is 17.5 Å². The van der Waals surface area contributed by atoms with E-state index in [0.29, 0.717) is 11.3 Å². The molecule has 2 fully saturated rings. The largest absolute Gasteiger partial charge is 0.334 e. The quantitative estimate of drug-likeness (QED) is 0.477. The third-order valence-electron chi connectivity index (χ3n) is 4.95. The minimum atomic E-state index is -0.974. The topological polar surface area (TPSA) is 74.8 Å². The lowest BCUT2D eigenvalue weighted by Gasteiger charge is -2.34. The number of hydrogen-bond acceptors (Lipinski definition) is 4. The highest BCUT2D eigenvalue weighted by Crippen LogP contribution is 2.31. The van der Waals surface area contributed by atoms with E-state index in [1.165, 1.54) is 12.1 Å². The van der Waals surface area contributed by atoms with Crippen LogP contribution in [-0.2, 0) is 9.59 Å². The number of rotatable bonds is 4. The number of carbonyl (C=O) groups excluding carboxylic acids is 4. The van der Waals surface area contributed by atoms with Gasteiger partial charge in [0.15, 0.2) is 5.78 Å². The molecule has 0 radical (unpaired) electrons. The lowest BCUT2D eigenvalue weighted by molar-refractivity contribution is -0.144. The Hall–Kier alpha value is -2.57. The van der Waals surface area contributed by atoms with Crippen LogP contribution in [0.4, 0.5) is 9.18 Å². The highest BCUT2D eigenvalue weighted by atomic mass is 19.1. The summed E-state index contributed by atoms with van der Waals surface area (Å²) in [5.74, 6) is -2.72. The molecule has 1 aliphatic heterocycles. The molecule has 2 aliphatic rings. The van der Waals surface area contributed by atoms with Crippen LogP contribution in [0.5, 0.6) is 0 Å². The fourth-order valence-corrected chi connectivity index (χ4v) is 3.51. The molecule has 1 saturated heterocycles. The van der Waals surface area contributed by atoms with Crippen molar-refractivity contribution in [2.45, 2.75) is 38.6 Å². The van der Waals surface area contributed by atoms with E-state index in [2.05, 4.69) is 0 Å². The SMILES string of the molecule is C[C@H]1CCCC[C@@H]1N1C(=O)C(=O)N(CC(=O)c2ccc(F)cc2)C1=O.